The van der Waals surface area contributed by atoms with Crippen LogP contribution in [-0.4, -0.2) is 48.7 Å². The van der Waals surface area contributed by atoms with Gasteiger partial charge in [0.05, 0.1) is 20.6 Å². The number of hydrogen-bond acceptors (Lipinski definition) is 4. The highest BCUT2D eigenvalue weighted by atomic mass is 16.5. The van der Waals surface area contributed by atoms with E-state index < -0.39 is 5.97 Å². The first-order valence-corrected chi connectivity index (χ1v) is 7.77. The topological polar surface area (TPSA) is 76.1 Å². The van der Waals surface area contributed by atoms with Crippen LogP contribution in [0.4, 0.5) is 0 Å². The Morgan fingerprint density at radius 3 is 2.74 bits per heavy atom. The van der Waals surface area contributed by atoms with Crippen molar-refractivity contribution >= 4 is 11.9 Å². The fraction of sp³-hybridized carbons (Fsp3) is 0.529. The van der Waals surface area contributed by atoms with Gasteiger partial charge >= 0.3 is 5.97 Å². The first-order chi connectivity index (χ1) is 11.0. The molecule has 1 saturated heterocycles. The molecule has 1 N–H and O–H groups in total. The van der Waals surface area contributed by atoms with Gasteiger partial charge in [0, 0.05) is 19.0 Å². The molecule has 1 aromatic rings. The van der Waals surface area contributed by atoms with Crippen molar-refractivity contribution in [1.29, 1.82) is 0 Å². The van der Waals surface area contributed by atoms with Gasteiger partial charge in [-0.15, -0.1) is 0 Å². The largest absolute Gasteiger partial charge is 0.497 e. The molecule has 0 aromatic heterocycles. The highest BCUT2D eigenvalue weighted by Crippen LogP contribution is 2.26. The molecule has 6 nitrogen and oxygen atoms in total. The third-order valence-corrected chi connectivity index (χ3v) is 4.20. The Morgan fingerprint density at radius 2 is 2.09 bits per heavy atom. The van der Waals surface area contributed by atoms with Crippen molar-refractivity contribution in [2.24, 2.45) is 0 Å². The third kappa shape index (κ3) is 4.37. The molecule has 0 bridgehead atoms. The molecule has 23 heavy (non-hydrogen) atoms. The molecule has 1 amide bonds. The number of likely N-dealkylation sites (tertiary alicyclic amines) is 1. The number of amides is 1. The van der Waals surface area contributed by atoms with Crippen LogP contribution in [0.3, 0.4) is 0 Å². The van der Waals surface area contributed by atoms with E-state index in [9.17, 15) is 9.59 Å². The molecule has 0 aliphatic carbocycles. The Balaban J connectivity index is 2.00. The van der Waals surface area contributed by atoms with E-state index in [1.165, 1.54) is 0 Å². The van der Waals surface area contributed by atoms with E-state index in [2.05, 4.69) is 0 Å². The number of carbonyl (C=O) groups excluding carboxylic acids is 1. The Morgan fingerprint density at radius 1 is 1.30 bits per heavy atom. The number of carboxylic acids is 1. The minimum absolute atomic E-state index is 0.00128. The van der Waals surface area contributed by atoms with Crippen LogP contribution in [0, 0.1) is 0 Å². The SMILES string of the molecule is COc1ccc(OC)c(CCC(=O)N2CCCC2CC(=O)O)c1. The van der Waals surface area contributed by atoms with Crippen LogP contribution < -0.4 is 9.47 Å². The Hall–Kier alpha value is -2.24. The van der Waals surface area contributed by atoms with Crippen LogP contribution in [0.5, 0.6) is 11.5 Å². The standard InChI is InChI=1S/C17H23NO5/c1-22-14-6-7-15(23-2)12(10-14)5-8-16(19)18-9-3-4-13(18)11-17(20)21/h6-7,10,13H,3-5,8-9,11H2,1-2H3,(H,20,21). The molecule has 0 radical (unpaired) electrons. The summed E-state index contributed by atoms with van der Waals surface area (Å²) in [6.07, 6.45) is 2.52. The summed E-state index contributed by atoms with van der Waals surface area (Å²) < 4.78 is 10.5. The number of rotatable bonds is 7. The predicted octanol–water partition coefficient (Wildman–Crippen LogP) is 2.10. The summed E-state index contributed by atoms with van der Waals surface area (Å²) in [7, 11) is 3.19. The molecule has 0 saturated carbocycles. The Labute approximate surface area is 136 Å². The van der Waals surface area contributed by atoms with Crippen LogP contribution in [-0.2, 0) is 16.0 Å². The van der Waals surface area contributed by atoms with Gasteiger partial charge in [-0.05, 0) is 43.0 Å². The quantitative estimate of drug-likeness (QED) is 0.832. The smallest absolute Gasteiger partial charge is 0.305 e. The number of aliphatic carboxylic acids is 1. The number of benzene rings is 1. The fourth-order valence-electron chi connectivity index (χ4n) is 3.04. The minimum atomic E-state index is -0.857. The van der Waals surface area contributed by atoms with Gasteiger partial charge in [-0.1, -0.05) is 0 Å². The number of aryl methyl sites for hydroxylation is 1. The van der Waals surface area contributed by atoms with E-state index in [1.807, 2.05) is 18.2 Å². The van der Waals surface area contributed by atoms with Crippen molar-refractivity contribution in [3.05, 3.63) is 23.8 Å². The van der Waals surface area contributed by atoms with Crippen LogP contribution in [0.1, 0.15) is 31.2 Å². The molecule has 1 aromatic carbocycles. The van der Waals surface area contributed by atoms with Gasteiger partial charge in [-0.25, -0.2) is 0 Å². The van der Waals surface area contributed by atoms with Gasteiger partial charge in [0.2, 0.25) is 5.91 Å². The van der Waals surface area contributed by atoms with Gasteiger partial charge in [-0.2, -0.15) is 0 Å². The number of carbonyl (C=O) groups is 2. The van der Waals surface area contributed by atoms with Gasteiger partial charge < -0.3 is 19.5 Å². The van der Waals surface area contributed by atoms with Crippen LogP contribution in [0.15, 0.2) is 18.2 Å². The molecule has 1 fully saturated rings. The Kier molecular flexibility index (Phi) is 5.84. The second-order valence-corrected chi connectivity index (χ2v) is 5.66. The summed E-state index contributed by atoms with van der Waals surface area (Å²) in [6.45, 7) is 0.645. The second-order valence-electron chi connectivity index (χ2n) is 5.66. The number of methoxy groups -OCH3 is 2. The molecule has 1 aliphatic heterocycles. The van der Waals surface area contributed by atoms with Crippen molar-refractivity contribution in [3.63, 3.8) is 0 Å². The van der Waals surface area contributed by atoms with Crippen molar-refractivity contribution in [2.75, 3.05) is 20.8 Å². The molecule has 1 unspecified atom stereocenters. The lowest BCUT2D eigenvalue weighted by Crippen LogP contribution is -2.36. The lowest BCUT2D eigenvalue weighted by molar-refractivity contribution is -0.139. The highest BCUT2D eigenvalue weighted by molar-refractivity contribution is 5.78. The minimum Gasteiger partial charge on any atom is -0.497 e. The molecule has 0 spiro atoms. The molecule has 126 valence electrons. The lowest BCUT2D eigenvalue weighted by Gasteiger charge is -2.23. The predicted molar refractivity (Wildman–Crippen MR) is 84.9 cm³/mol. The normalized spacial score (nSPS) is 17.1. The maximum Gasteiger partial charge on any atom is 0.305 e. The Bertz CT molecular complexity index is 572. The van der Waals surface area contributed by atoms with E-state index in [-0.39, 0.29) is 18.4 Å². The number of hydrogen-bond donors (Lipinski definition) is 1. The van der Waals surface area contributed by atoms with Gasteiger partial charge in [-0.3, -0.25) is 9.59 Å². The van der Waals surface area contributed by atoms with Crippen LogP contribution in [0.25, 0.3) is 0 Å². The van der Waals surface area contributed by atoms with E-state index in [4.69, 9.17) is 14.6 Å². The third-order valence-electron chi connectivity index (χ3n) is 4.20. The summed E-state index contributed by atoms with van der Waals surface area (Å²) in [4.78, 5) is 25.0. The van der Waals surface area contributed by atoms with Gasteiger partial charge in [0.1, 0.15) is 11.5 Å². The first kappa shape index (κ1) is 17.1. The molecule has 1 atom stereocenters. The average Bonchev–Trinajstić information content (AvgIpc) is 2.99. The average molecular weight is 321 g/mol. The fourth-order valence-corrected chi connectivity index (χ4v) is 3.04. The van der Waals surface area contributed by atoms with E-state index in [0.29, 0.717) is 19.4 Å². The maximum absolute atomic E-state index is 12.4. The summed E-state index contributed by atoms with van der Waals surface area (Å²) in [5, 5.41) is 8.94. The van der Waals surface area contributed by atoms with E-state index >= 15 is 0 Å². The van der Waals surface area contributed by atoms with Crippen molar-refractivity contribution in [3.8, 4) is 11.5 Å². The van der Waals surface area contributed by atoms with Crippen molar-refractivity contribution in [1.82, 2.24) is 4.90 Å². The second kappa shape index (κ2) is 7.85. The lowest BCUT2D eigenvalue weighted by atomic mass is 10.1. The molecule has 2 rings (SSSR count). The van der Waals surface area contributed by atoms with Gasteiger partial charge in [0.25, 0.3) is 0 Å². The van der Waals surface area contributed by atoms with Crippen molar-refractivity contribution < 1.29 is 24.2 Å². The molecule has 1 heterocycles. The van der Waals surface area contributed by atoms with Crippen LogP contribution >= 0.6 is 0 Å². The summed E-state index contributed by atoms with van der Waals surface area (Å²) in [5.41, 5.74) is 0.911. The number of nitrogens with zero attached hydrogens (tertiary/aromatic N) is 1. The summed E-state index contributed by atoms with van der Waals surface area (Å²) in [5.74, 6) is 0.586. The molecular weight excluding hydrogens is 298 g/mol. The maximum atomic E-state index is 12.4. The van der Waals surface area contributed by atoms with E-state index in [0.717, 1.165) is 29.9 Å². The first-order valence-electron chi connectivity index (χ1n) is 7.77. The zero-order valence-electron chi connectivity index (χ0n) is 13.6. The number of ether oxygens (including phenoxy) is 2. The van der Waals surface area contributed by atoms with Crippen molar-refractivity contribution in [2.45, 2.75) is 38.1 Å². The van der Waals surface area contributed by atoms with E-state index in [1.54, 1.807) is 19.1 Å². The highest BCUT2D eigenvalue weighted by Gasteiger charge is 2.30. The van der Waals surface area contributed by atoms with Crippen LogP contribution in [0.2, 0.25) is 0 Å². The zero-order valence-corrected chi connectivity index (χ0v) is 13.6. The molecule has 1 aliphatic rings. The van der Waals surface area contributed by atoms with Gasteiger partial charge in [0.15, 0.2) is 0 Å². The zero-order chi connectivity index (χ0) is 16.8. The number of carboxylic acid groups (broad SMARTS) is 1. The molecular formula is C17H23NO5. The summed E-state index contributed by atoms with van der Waals surface area (Å²) >= 11 is 0. The summed E-state index contributed by atoms with van der Waals surface area (Å²) in [6, 6.07) is 5.33. The monoisotopic (exact) mass is 321 g/mol. The molecule has 6 heteroatoms.